The molecule has 2 heterocycles. The first-order chi connectivity index (χ1) is 17.1. The van der Waals surface area contributed by atoms with Gasteiger partial charge in [-0.1, -0.05) is 18.2 Å². The molecule has 0 bridgehead atoms. The molecule has 1 aliphatic heterocycles. The summed E-state index contributed by atoms with van der Waals surface area (Å²) in [7, 11) is 1.38. The highest BCUT2D eigenvalue weighted by molar-refractivity contribution is 5.99. The molecule has 2 unspecified atom stereocenters. The monoisotopic (exact) mass is 505 g/mol. The van der Waals surface area contributed by atoms with Crippen LogP contribution in [0.25, 0.3) is 0 Å². The average molecular weight is 505 g/mol. The molecule has 4 rings (SSSR count). The molecule has 5 N–H and O–H groups in total. The Labute approximate surface area is 204 Å². The van der Waals surface area contributed by atoms with E-state index in [0.29, 0.717) is 6.42 Å². The van der Waals surface area contributed by atoms with Crippen LogP contribution in [0.15, 0.2) is 42.0 Å². The number of rotatable bonds is 7. The van der Waals surface area contributed by atoms with Crippen LogP contribution in [0.5, 0.6) is 5.75 Å². The fraction of sp³-hybridized carbons (Fsp3) is 0.375. The molecule has 2 amide bonds. The fourth-order valence-electron chi connectivity index (χ4n) is 4.29. The first kappa shape index (κ1) is 25.3. The van der Waals surface area contributed by atoms with E-state index in [1.165, 1.54) is 19.2 Å². The minimum absolute atomic E-state index is 0.0615. The van der Waals surface area contributed by atoms with E-state index in [2.05, 4.69) is 10.4 Å². The van der Waals surface area contributed by atoms with Crippen LogP contribution < -0.4 is 21.5 Å². The van der Waals surface area contributed by atoms with Crippen molar-refractivity contribution in [1.29, 1.82) is 0 Å². The number of hydrogen-bond acceptors (Lipinski definition) is 6. The molecular formula is C24H26F3N5O4. The van der Waals surface area contributed by atoms with E-state index >= 15 is 0 Å². The number of nitrogens with one attached hydrogen (secondary N) is 1. The van der Waals surface area contributed by atoms with Crippen LogP contribution in [0.2, 0.25) is 0 Å². The summed E-state index contributed by atoms with van der Waals surface area (Å²) < 4.78 is 53.8. The van der Waals surface area contributed by atoms with Crippen molar-refractivity contribution in [3.63, 3.8) is 0 Å². The van der Waals surface area contributed by atoms with Crippen molar-refractivity contribution in [2.24, 2.45) is 5.73 Å². The Hall–Kier alpha value is -3.80. The van der Waals surface area contributed by atoms with Crippen molar-refractivity contribution in [1.82, 2.24) is 15.1 Å². The van der Waals surface area contributed by atoms with Gasteiger partial charge in [0.15, 0.2) is 0 Å². The molecular weight excluding hydrogens is 479 g/mol. The lowest BCUT2D eigenvalue weighted by Crippen LogP contribution is -2.40. The van der Waals surface area contributed by atoms with Gasteiger partial charge in [-0.05, 0) is 30.2 Å². The molecule has 2 aromatic rings. The topological polar surface area (TPSA) is 134 Å². The molecule has 12 heteroatoms. The molecule has 0 saturated carbocycles. The second kappa shape index (κ2) is 10.1. The van der Waals surface area contributed by atoms with Gasteiger partial charge in [0.2, 0.25) is 0 Å². The summed E-state index contributed by atoms with van der Waals surface area (Å²) in [5.41, 5.74) is 12.5. The van der Waals surface area contributed by atoms with Gasteiger partial charge in [-0.25, -0.2) is 17.9 Å². The number of aromatic nitrogens is 2. The standard InChI is InChI=1S/C24H26F3N5O4/c1-35-17-7-6-15(25)10-16(17)23(34)30-11-13-2-4-14(5-3-13)20-19(22(29)33)21(28)32(31-20)18-12-36-9-8-24(18,26)27/h2-4,6-7,10,14,18H,5,8-9,11-12,28H2,1H3,(H2,29,33)(H,30,34). The Kier molecular flexibility index (Phi) is 7.07. The van der Waals surface area contributed by atoms with Gasteiger partial charge in [0.05, 0.1) is 31.6 Å². The molecule has 9 nitrogen and oxygen atoms in total. The highest BCUT2D eigenvalue weighted by atomic mass is 19.3. The molecule has 2 aliphatic rings. The van der Waals surface area contributed by atoms with Gasteiger partial charge in [-0.15, -0.1) is 0 Å². The Bertz CT molecular complexity index is 1240. The van der Waals surface area contributed by atoms with Gasteiger partial charge < -0.3 is 26.3 Å². The third-order valence-corrected chi connectivity index (χ3v) is 6.25. The molecule has 2 atom stereocenters. The number of anilines is 1. The predicted molar refractivity (Wildman–Crippen MR) is 124 cm³/mol. The van der Waals surface area contributed by atoms with Gasteiger partial charge in [-0.2, -0.15) is 5.10 Å². The number of halogens is 3. The van der Waals surface area contributed by atoms with E-state index in [1.54, 1.807) is 12.2 Å². The summed E-state index contributed by atoms with van der Waals surface area (Å²) in [6, 6.07) is 2.19. The lowest BCUT2D eigenvalue weighted by atomic mass is 9.91. The summed E-state index contributed by atoms with van der Waals surface area (Å²) in [5, 5.41) is 6.98. The summed E-state index contributed by atoms with van der Waals surface area (Å²) in [6.45, 7) is -0.231. The largest absolute Gasteiger partial charge is 0.496 e. The number of carbonyl (C=O) groups excluding carboxylic acids is 2. The van der Waals surface area contributed by atoms with Crippen molar-refractivity contribution >= 4 is 17.6 Å². The Balaban J connectivity index is 1.49. The molecule has 1 aromatic carbocycles. The molecule has 1 saturated heterocycles. The lowest BCUT2D eigenvalue weighted by Gasteiger charge is -2.31. The minimum atomic E-state index is -3.11. The van der Waals surface area contributed by atoms with E-state index in [4.69, 9.17) is 20.9 Å². The molecule has 0 spiro atoms. The number of ether oxygens (including phenoxy) is 2. The van der Waals surface area contributed by atoms with E-state index in [-0.39, 0.29) is 48.1 Å². The van der Waals surface area contributed by atoms with Crippen molar-refractivity contribution in [3.8, 4) is 5.75 Å². The summed E-state index contributed by atoms with van der Waals surface area (Å²) in [5.74, 6) is -5.49. The van der Waals surface area contributed by atoms with Gasteiger partial charge in [0.1, 0.15) is 29.0 Å². The zero-order valence-electron chi connectivity index (χ0n) is 19.5. The highest BCUT2D eigenvalue weighted by Crippen LogP contribution is 2.39. The third kappa shape index (κ3) is 4.94. The van der Waals surface area contributed by atoms with Crippen LogP contribution in [-0.4, -0.2) is 54.4 Å². The van der Waals surface area contributed by atoms with Crippen LogP contribution in [0.4, 0.5) is 19.0 Å². The van der Waals surface area contributed by atoms with Gasteiger partial charge in [0.25, 0.3) is 17.7 Å². The van der Waals surface area contributed by atoms with Crippen LogP contribution >= 0.6 is 0 Å². The highest BCUT2D eigenvalue weighted by Gasteiger charge is 2.46. The zero-order valence-corrected chi connectivity index (χ0v) is 19.5. The van der Waals surface area contributed by atoms with Gasteiger partial charge in [-0.3, -0.25) is 9.59 Å². The normalized spacial score (nSPS) is 21.1. The maximum atomic E-state index is 14.5. The number of amides is 2. The second-order valence-electron chi connectivity index (χ2n) is 8.56. The third-order valence-electron chi connectivity index (χ3n) is 6.25. The molecule has 1 aliphatic carbocycles. The number of primary amides is 1. The maximum Gasteiger partial charge on any atom is 0.274 e. The van der Waals surface area contributed by atoms with Crippen LogP contribution in [0.3, 0.4) is 0 Å². The van der Waals surface area contributed by atoms with Crippen LogP contribution in [-0.2, 0) is 4.74 Å². The maximum absolute atomic E-state index is 14.5. The molecule has 1 aromatic heterocycles. The van der Waals surface area contributed by atoms with Crippen molar-refractivity contribution in [2.45, 2.75) is 30.7 Å². The summed E-state index contributed by atoms with van der Waals surface area (Å²) in [6.07, 6.45) is 5.14. The number of nitrogens with two attached hydrogens (primary N) is 2. The number of benzene rings is 1. The SMILES string of the molecule is COc1ccc(F)cc1C(=O)NCC1=CCC(c2nn(C3COCCC3(F)F)c(N)c2C(N)=O)C=C1. The van der Waals surface area contributed by atoms with Crippen LogP contribution in [0.1, 0.15) is 51.2 Å². The zero-order chi connectivity index (χ0) is 26.0. The number of hydrogen-bond donors (Lipinski definition) is 3. The van der Waals surface area contributed by atoms with E-state index in [9.17, 15) is 22.8 Å². The number of carbonyl (C=O) groups is 2. The number of nitrogen functional groups attached to an aromatic ring is 1. The summed E-state index contributed by atoms with van der Waals surface area (Å²) >= 11 is 0. The number of nitrogens with zero attached hydrogens (tertiary/aromatic N) is 2. The number of allylic oxidation sites excluding steroid dienone is 2. The predicted octanol–water partition coefficient (Wildman–Crippen LogP) is 2.71. The minimum Gasteiger partial charge on any atom is -0.496 e. The smallest absolute Gasteiger partial charge is 0.274 e. The quantitative estimate of drug-likeness (QED) is 0.530. The van der Waals surface area contributed by atoms with Gasteiger partial charge >= 0.3 is 0 Å². The Morgan fingerprint density at radius 2 is 2.14 bits per heavy atom. The van der Waals surface area contributed by atoms with Crippen LogP contribution in [0, 0.1) is 5.82 Å². The molecule has 1 fully saturated rings. The fourth-order valence-corrected chi connectivity index (χ4v) is 4.29. The van der Waals surface area contributed by atoms with E-state index in [1.807, 2.05) is 6.08 Å². The lowest BCUT2D eigenvalue weighted by molar-refractivity contribution is -0.135. The van der Waals surface area contributed by atoms with Crippen molar-refractivity contribution < 1.29 is 32.2 Å². The second-order valence-corrected chi connectivity index (χ2v) is 8.56. The average Bonchev–Trinajstić information content (AvgIpc) is 3.19. The molecule has 192 valence electrons. The van der Waals surface area contributed by atoms with Crippen molar-refractivity contribution in [2.75, 3.05) is 32.6 Å². The molecule has 36 heavy (non-hydrogen) atoms. The van der Waals surface area contributed by atoms with E-state index < -0.39 is 41.9 Å². The van der Waals surface area contributed by atoms with Gasteiger partial charge in [0, 0.05) is 18.9 Å². The molecule has 0 radical (unpaired) electrons. The van der Waals surface area contributed by atoms with Crippen molar-refractivity contribution in [3.05, 3.63) is 64.6 Å². The Morgan fingerprint density at radius 1 is 1.36 bits per heavy atom. The first-order valence-electron chi connectivity index (χ1n) is 11.2. The Morgan fingerprint density at radius 3 is 2.78 bits per heavy atom. The summed E-state index contributed by atoms with van der Waals surface area (Å²) in [4.78, 5) is 24.7. The first-order valence-corrected chi connectivity index (χ1v) is 11.2. The van der Waals surface area contributed by atoms with E-state index in [0.717, 1.165) is 16.3 Å². The number of methoxy groups -OCH3 is 1. The number of alkyl halides is 2.